The van der Waals surface area contributed by atoms with Crippen LogP contribution in [0.4, 0.5) is 0 Å². The quantitative estimate of drug-likeness (QED) is 0.716. The summed E-state index contributed by atoms with van der Waals surface area (Å²) in [7, 11) is 0. The van der Waals surface area contributed by atoms with E-state index in [2.05, 4.69) is 11.4 Å². The van der Waals surface area contributed by atoms with E-state index in [1.807, 2.05) is 60.1 Å². The molecule has 1 unspecified atom stereocenters. The largest absolute Gasteiger partial charge is 0.384 e. The molecule has 2 aliphatic rings. The first-order valence-corrected chi connectivity index (χ1v) is 9.87. The van der Waals surface area contributed by atoms with Crippen molar-refractivity contribution in [1.82, 2.24) is 14.6 Å². The summed E-state index contributed by atoms with van der Waals surface area (Å²) in [5.41, 5.74) is 3.98. The molecule has 0 bridgehead atoms. The van der Waals surface area contributed by atoms with E-state index in [0.717, 1.165) is 23.1 Å². The van der Waals surface area contributed by atoms with Crippen LogP contribution >= 0.6 is 0 Å². The van der Waals surface area contributed by atoms with Crippen molar-refractivity contribution >= 4 is 17.3 Å². The molecule has 148 valence electrons. The van der Waals surface area contributed by atoms with Crippen LogP contribution in [0.2, 0.25) is 0 Å². The number of rotatable bonds is 4. The minimum Gasteiger partial charge on any atom is -0.384 e. The van der Waals surface area contributed by atoms with E-state index in [1.165, 1.54) is 5.56 Å². The topological polar surface area (TPSA) is 74.1 Å². The Labute approximate surface area is 168 Å². The van der Waals surface area contributed by atoms with E-state index >= 15 is 0 Å². The van der Waals surface area contributed by atoms with Gasteiger partial charge < -0.3 is 19.7 Å². The first-order chi connectivity index (χ1) is 13.9. The van der Waals surface area contributed by atoms with Gasteiger partial charge in [0.25, 0.3) is 5.91 Å². The normalized spacial score (nSPS) is 19.2. The summed E-state index contributed by atoms with van der Waals surface area (Å²) in [4.78, 5) is 26.8. The van der Waals surface area contributed by atoms with Gasteiger partial charge in [-0.2, -0.15) is 0 Å². The lowest BCUT2D eigenvalue weighted by Gasteiger charge is -2.46. The predicted octanol–water partition coefficient (Wildman–Crippen LogP) is 1.89. The van der Waals surface area contributed by atoms with E-state index in [1.54, 1.807) is 4.90 Å². The molecule has 2 N–H and O–H groups in total. The number of aromatic nitrogens is 1. The van der Waals surface area contributed by atoms with E-state index in [-0.39, 0.29) is 37.4 Å². The monoisotopic (exact) mass is 389 g/mol. The highest BCUT2D eigenvalue weighted by atomic mass is 16.3. The Morgan fingerprint density at radius 2 is 1.97 bits per heavy atom. The smallest absolute Gasteiger partial charge is 0.255 e. The van der Waals surface area contributed by atoms with Crippen LogP contribution in [0.3, 0.4) is 0 Å². The first-order valence-electron chi connectivity index (χ1n) is 9.87. The van der Waals surface area contributed by atoms with Gasteiger partial charge in [0, 0.05) is 24.5 Å². The highest BCUT2D eigenvalue weighted by molar-refractivity contribution is 5.95. The second-order valence-corrected chi connectivity index (χ2v) is 8.33. The highest BCUT2D eigenvalue weighted by Gasteiger charge is 2.44. The molecular weight excluding hydrogens is 366 g/mol. The fourth-order valence-electron chi connectivity index (χ4n) is 4.35. The Bertz CT molecular complexity index is 1130. The molecule has 0 saturated carbocycles. The Morgan fingerprint density at radius 3 is 2.76 bits per heavy atom. The van der Waals surface area contributed by atoms with Crippen molar-refractivity contribution in [3.63, 3.8) is 0 Å². The van der Waals surface area contributed by atoms with Crippen molar-refractivity contribution in [3.05, 3.63) is 77.1 Å². The third-order valence-corrected chi connectivity index (χ3v) is 6.00. The van der Waals surface area contributed by atoms with Gasteiger partial charge in [-0.25, -0.2) is 0 Å². The van der Waals surface area contributed by atoms with Gasteiger partial charge in [0.2, 0.25) is 5.91 Å². The van der Waals surface area contributed by atoms with Crippen molar-refractivity contribution in [2.45, 2.75) is 24.9 Å². The van der Waals surface area contributed by atoms with Gasteiger partial charge in [-0.3, -0.25) is 9.59 Å². The summed E-state index contributed by atoms with van der Waals surface area (Å²) in [5, 5.41) is 13.5. The zero-order chi connectivity index (χ0) is 20.2. The fourth-order valence-corrected chi connectivity index (χ4v) is 4.35. The van der Waals surface area contributed by atoms with Crippen molar-refractivity contribution in [3.8, 4) is 0 Å². The molecule has 2 amide bonds. The number of hydrogen-bond donors (Lipinski definition) is 2. The molecule has 29 heavy (non-hydrogen) atoms. The fraction of sp³-hybridized carbons (Fsp3) is 0.304. The number of nitrogens with one attached hydrogen (secondary N) is 1. The van der Waals surface area contributed by atoms with Crippen LogP contribution in [0, 0.1) is 6.92 Å². The number of benzene rings is 1. The molecular formula is C23H23N3O3. The summed E-state index contributed by atoms with van der Waals surface area (Å²) in [6, 6.07) is 13.7. The van der Waals surface area contributed by atoms with E-state index in [4.69, 9.17) is 0 Å². The number of aryl methyl sites for hydroxylation is 1. The molecule has 1 aliphatic carbocycles. The zero-order valence-electron chi connectivity index (χ0n) is 16.3. The number of amides is 2. The van der Waals surface area contributed by atoms with E-state index in [9.17, 15) is 14.7 Å². The van der Waals surface area contributed by atoms with Gasteiger partial charge in [0.05, 0.1) is 24.6 Å². The van der Waals surface area contributed by atoms with Gasteiger partial charge in [0.15, 0.2) is 0 Å². The van der Waals surface area contributed by atoms with Gasteiger partial charge in [0.1, 0.15) is 5.60 Å². The van der Waals surface area contributed by atoms with Crippen LogP contribution in [-0.4, -0.2) is 51.5 Å². The molecule has 1 aliphatic heterocycles. The minimum atomic E-state index is -1.07. The SMILES string of the molecule is Cc1cc2ccc(C(=O)N3CC(O)(CNC(=O)C4Cc5ccccc54)C3)cn2c1. The molecule has 3 aromatic rings. The summed E-state index contributed by atoms with van der Waals surface area (Å²) >= 11 is 0. The molecule has 6 heteroatoms. The summed E-state index contributed by atoms with van der Waals surface area (Å²) in [5.74, 6) is -0.304. The molecule has 2 aromatic heterocycles. The number of hydrogen-bond acceptors (Lipinski definition) is 3. The lowest BCUT2D eigenvalue weighted by molar-refractivity contribution is -0.127. The first kappa shape index (κ1) is 17.9. The molecule has 0 spiro atoms. The number of fused-ring (bicyclic) bond motifs is 2. The van der Waals surface area contributed by atoms with Crippen LogP contribution in [0.15, 0.2) is 54.9 Å². The van der Waals surface area contributed by atoms with Crippen LogP contribution in [0.5, 0.6) is 0 Å². The van der Waals surface area contributed by atoms with Crippen LogP contribution in [0.1, 0.15) is 33.0 Å². The minimum absolute atomic E-state index is 0.0599. The van der Waals surface area contributed by atoms with Gasteiger partial charge in [-0.15, -0.1) is 0 Å². The van der Waals surface area contributed by atoms with Crippen LogP contribution in [0.25, 0.3) is 5.52 Å². The van der Waals surface area contributed by atoms with E-state index in [0.29, 0.717) is 5.56 Å². The van der Waals surface area contributed by atoms with Crippen molar-refractivity contribution in [2.24, 2.45) is 0 Å². The van der Waals surface area contributed by atoms with Crippen LogP contribution < -0.4 is 5.32 Å². The molecule has 1 atom stereocenters. The predicted molar refractivity (Wildman–Crippen MR) is 109 cm³/mol. The standard InChI is InChI=1S/C23H23N3O3/c1-15-8-18-7-6-17(11-25(18)10-15)22(28)26-13-23(29,14-26)12-24-21(27)20-9-16-4-2-3-5-19(16)20/h2-8,10-11,20,29H,9,12-14H2,1H3,(H,24,27). The maximum Gasteiger partial charge on any atom is 0.255 e. The second kappa shape index (κ2) is 6.46. The van der Waals surface area contributed by atoms with Gasteiger partial charge >= 0.3 is 0 Å². The summed E-state index contributed by atoms with van der Waals surface area (Å²) in [6.07, 6.45) is 4.54. The summed E-state index contributed by atoms with van der Waals surface area (Å²) < 4.78 is 1.94. The Balaban J connectivity index is 1.17. The summed E-state index contributed by atoms with van der Waals surface area (Å²) in [6.45, 7) is 2.61. The second-order valence-electron chi connectivity index (χ2n) is 8.33. The number of likely N-dealkylation sites (tertiary alicyclic amines) is 1. The average molecular weight is 389 g/mol. The Kier molecular flexibility index (Phi) is 3.99. The average Bonchev–Trinajstić information content (AvgIpc) is 3.03. The number of β-amino-alcohol motifs (C(OH)–C–C–N with tert-alkyl or cyclic N) is 1. The van der Waals surface area contributed by atoms with E-state index < -0.39 is 5.60 Å². The van der Waals surface area contributed by atoms with Gasteiger partial charge in [-0.05, 0) is 48.2 Å². The number of aliphatic hydroxyl groups is 1. The zero-order valence-corrected chi connectivity index (χ0v) is 16.3. The molecule has 5 rings (SSSR count). The maximum atomic E-state index is 12.7. The maximum absolute atomic E-state index is 12.7. The highest BCUT2D eigenvalue weighted by Crippen LogP contribution is 2.35. The molecule has 1 aromatic carbocycles. The molecule has 1 fully saturated rings. The van der Waals surface area contributed by atoms with Crippen molar-refractivity contribution in [1.29, 1.82) is 0 Å². The number of carbonyl (C=O) groups is 2. The molecule has 1 saturated heterocycles. The van der Waals surface area contributed by atoms with Crippen LogP contribution in [-0.2, 0) is 11.2 Å². The van der Waals surface area contributed by atoms with Crippen molar-refractivity contribution in [2.75, 3.05) is 19.6 Å². The lowest BCUT2D eigenvalue weighted by Crippen LogP contribution is -2.67. The third-order valence-electron chi connectivity index (χ3n) is 6.00. The molecule has 0 radical (unpaired) electrons. The number of carbonyl (C=O) groups excluding carboxylic acids is 2. The molecule has 6 nitrogen and oxygen atoms in total. The van der Waals surface area contributed by atoms with Gasteiger partial charge in [-0.1, -0.05) is 24.3 Å². The van der Waals surface area contributed by atoms with Crippen molar-refractivity contribution < 1.29 is 14.7 Å². The Hall–Kier alpha value is -3.12. The lowest BCUT2D eigenvalue weighted by atomic mass is 9.77. The molecule has 3 heterocycles. The number of nitrogens with zero attached hydrogens (tertiary/aromatic N) is 2. The third kappa shape index (κ3) is 3.09. The number of pyridine rings is 1. The Morgan fingerprint density at radius 1 is 1.17 bits per heavy atom.